The van der Waals surface area contributed by atoms with Crippen LogP contribution in [0.2, 0.25) is 0 Å². The van der Waals surface area contributed by atoms with Crippen LogP contribution in [-0.4, -0.2) is 31.1 Å². The summed E-state index contributed by atoms with van der Waals surface area (Å²) in [6, 6.07) is 5.85. The van der Waals surface area contributed by atoms with Crippen LogP contribution in [0.4, 0.5) is 17.6 Å². The molecule has 0 saturated carbocycles. The molecule has 124 valence electrons. The van der Waals surface area contributed by atoms with Gasteiger partial charge in [0.05, 0.1) is 11.6 Å². The van der Waals surface area contributed by atoms with Crippen molar-refractivity contribution in [3.8, 4) is 0 Å². The zero-order chi connectivity index (χ0) is 16.4. The smallest absolute Gasteiger partial charge is 0.314 e. The SMILES string of the molecule is Fc1ccc(C(F)(F)F)cc1[C@@H](c1cccs1)N1CCNCC1. The highest BCUT2D eigenvalue weighted by Crippen LogP contribution is 2.37. The van der Waals surface area contributed by atoms with Gasteiger partial charge in [0.2, 0.25) is 0 Å². The normalized spacial score (nSPS) is 18.1. The van der Waals surface area contributed by atoms with Gasteiger partial charge < -0.3 is 5.32 Å². The molecule has 0 radical (unpaired) electrons. The van der Waals surface area contributed by atoms with Crippen LogP contribution >= 0.6 is 11.3 Å². The molecular formula is C16H16F4N2S. The van der Waals surface area contributed by atoms with Gasteiger partial charge in [0.15, 0.2) is 0 Å². The second kappa shape index (κ2) is 6.59. The summed E-state index contributed by atoms with van der Waals surface area (Å²) in [5.74, 6) is -0.602. The van der Waals surface area contributed by atoms with E-state index < -0.39 is 23.6 Å². The van der Waals surface area contributed by atoms with Crippen LogP contribution in [0.25, 0.3) is 0 Å². The van der Waals surface area contributed by atoms with E-state index in [2.05, 4.69) is 5.32 Å². The van der Waals surface area contributed by atoms with Crippen molar-refractivity contribution in [1.82, 2.24) is 10.2 Å². The molecule has 1 aliphatic heterocycles. The van der Waals surface area contributed by atoms with E-state index in [9.17, 15) is 17.6 Å². The number of piperazine rings is 1. The van der Waals surface area contributed by atoms with Crippen LogP contribution in [0.3, 0.4) is 0 Å². The molecule has 1 aromatic heterocycles. The molecule has 1 fully saturated rings. The Morgan fingerprint density at radius 1 is 1.13 bits per heavy atom. The first kappa shape index (κ1) is 16.4. The molecule has 2 aromatic rings. The van der Waals surface area contributed by atoms with E-state index in [-0.39, 0.29) is 5.56 Å². The Balaban J connectivity index is 2.06. The highest BCUT2D eigenvalue weighted by atomic mass is 32.1. The molecule has 0 amide bonds. The van der Waals surface area contributed by atoms with Gasteiger partial charge in [0.1, 0.15) is 5.82 Å². The Morgan fingerprint density at radius 3 is 2.48 bits per heavy atom. The summed E-state index contributed by atoms with van der Waals surface area (Å²) in [6.45, 7) is 2.81. The summed E-state index contributed by atoms with van der Waals surface area (Å²) in [4.78, 5) is 2.88. The van der Waals surface area contributed by atoms with Crippen LogP contribution in [0.15, 0.2) is 35.7 Å². The standard InChI is InChI=1S/C16H16F4N2S/c17-13-4-3-11(16(18,19)20)10-12(13)15(14-2-1-9-23-14)22-7-5-21-6-8-22/h1-4,9-10,15,21H,5-8H2/t15-/m0/s1. The van der Waals surface area contributed by atoms with Gasteiger partial charge in [-0.3, -0.25) is 4.90 Å². The molecule has 23 heavy (non-hydrogen) atoms. The summed E-state index contributed by atoms with van der Waals surface area (Å²) in [5.41, 5.74) is -0.727. The third kappa shape index (κ3) is 3.57. The highest BCUT2D eigenvalue weighted by molar-refractivity contribution is 7.10. The Labute approximate surface area is 135 Å². The van der Waals surface area contributed by atoms with Gasteiger partial charge in [0.25, 0.3) is 0 Å². The van der Waals surface area contributed by atoms with Crippen LogP contribution < -0.4 is 5.32 Å². The summed E-state index contributed by atoms with van der Waals surface area (Å²) in [5, 5.41) is 5.06. The molecule has 3 rings (SSSR count). The third-order valence-corrected chi connectivity index (χ3v) is 4.87. The van der Waals surface area contributed by atoms with Crippen molar-refractivity contribution in [3.05, 3.63) is 57.5 Å². The van der Waals surface area contributed by atoms with Gasteiger partial charge in [-0.2, -0.15) is 13.2 Å². The summed E-state index contributed by atoms with van der Waals surface area (Å²) >= 11 is 1.43. The molecule has 0 spiro atoms. The summed E-state index contributed by atoms with van der Waals surface area (Å²) < 4.78 is 53.4. The van der Waals surface area contributed by atoms with Crippen molar-refractivity contribution >= 4 is 11.3 Å². The number of thiophene rings is 1. The van der Waals surface area contributed by atoms with Crippen molar-refractivity contribution in [1.29, 1.82) is 0 Å². The van der Waals surface area contributed by atoms with Crippen LogP contribution in [0.1, 0.15) is 22.0 Å². The molecule has 0 bridgehead atoms. The maximum absolute atomic E-state index is 14.3. The molecule has 0 aliphatic carbocycles. The van der Waals surface area contributed by atoms with Crippen LogP contribution in [0.5, 0.6) is 0 Å². The lowest BCUT2D eigenvalue weighted by Crippen LogP contribution is -2.45. The quantitative estimate of drug-likeness (QED) is 0.850. The molecule has 1 saturated heterocycles. The molecular weight excluding hydrogens is 328 g/mol. The fourth-order valence-electron chi connectivity index (χ4n) is 2.85. The fraction of sp³-hybridized carbons (Fsp3) is 0.375. The molecule has 1 aliphatic rings. The average molecular weight is 344 g/mol. The number of hydrogen-bond acceptors (Lipinski definition) is 3. The van der Waals surface area contributed by atoms with E-state index in [0.29, 0.717) is 13.1 Å². The van der Waals surface area contributed by atoms with Gasteiger partial charge in [-0.25, -0.2) is 4.39 Å². The van der Waals surface area contributed by atoms with Crippen LogP contribution in [-0.2, 0) is 6.18 Å². The van der Waals surface area contributed by atoms with Crippen molar-refractivity contribution in [2.45, 2.75) is 12.2 Å². The first-order valence-electron chi connectivity index (χ1n) is 7.31. The lowest BCUT2D eigenvalue weighted by atomic mass is 9.99. The number of alkyl halides is 3. The lowest BCUT2D eigenvalue weighted by Gasteiger charge is -2.35. The second-order valence-corrected chi connectivity index (χ2v) is 6.42. The first-order valence-corrected chi connectivity index (χ1v) is 8.19. The van der Waals surface area contributed by atoms with Crippen molar-refractivity contribution in [3.63, 3.8) is 0 Å². The first-order chi connectivity index (χ1) is 11.0. The van der Waals surface area contributed by atoms with Gasteiger partial charge in [-0.05, 0) is 29.6 Å². The van der Waals surface area contributed by atoms with E-state index in [4.69, 9.17) is 0 Å². The Morgan fingerprint density at radius 2 is 1.87 bits per heavy atom. The minimum atomic E-state index is -4.48. The predicted molar refractivity (Wildman–Crippen MR) is 82.0 cm³/mol. The predicted octanol–water partition coefficient (Wildman–Crippen LogP) is 3.90. The summed E-state index contributed by atoms with van der Waals surface area (Å²) in [6.07, 6.45) is -4.48. The number of benzene rings is 1. The second-order valence-electron chi connectivity index (χ2n) is 5.44. The number of halogens is 4. The monoisotopic (exact) mass is 344 g/mol. The zero-order valence-electron chi connectivity index (χ0n) is 12.2. The number of rotatable bonds is 3. The van der Waals surface area contributed by atoms with Crippen molar-refractivity contribution < 1.29 is 17.6 Å². The third-order valence-electron chi connectivity index (χ3n) is 3.95. The van der Waals surface area contributed by atoms with Gasteiger partial charge in [-0.1, -0.05) is 6.07 Å². The van der Waals surface area contributed by atoms with Crippen molar-refractivity contribution in [2.24, 2.45) is 0 Å². The maximum Gasteiger partial charge on any atom is 0.416 e. The van der Waals surface area contributed by atoms with Crippen LogP contribution in [0, 0.1) is 5.82 Å². The Hall–Kier alpha value is -1.44. The zero-order valence-corrected chi connectivity index (χ0v) is 13.1. The average Bonchev–Trinajstić information content (AvgIpc) is 3.03. The topological polar surface area (TPSA) is 15.3 Å². The van der Waals surface area contributed by atoms with E-state index in [1.165, 1.54) is 11.3 Å². The van der Waals surface area contributed by atoms with Gasteiger partial charge in [0, 0.05) is 36.6 Å². The fourth-order valence-corrected chi connectivity index (χ4v) is 3.72. The lowest BCUT2D eigenvalue weighted by molar-refractivity contribution is -0.137. The molecule has 0 unspecified atom stereocenters. The minimum absolute atomic E-state index is 0.0872. The van der Waals surface area contributed by atoms with Gasteiger partial charge >= 0.3 is 6.18 Å². The maximum atomic E-state index is 14.3. The van der Waals surface area contributed by atoms with E-state index in [1.807, 2.05) is 22.4 Å². The number of nitrogens with zero attached hydrogens (tertiary/aromatic N) is 1. The Bertz CT molecular complexity index is 649. The molecule has 2 nitrogen and oxygen atoms in total. The molecule has 7 heteroatoms. The Kier molecular flexibility index (Phi) is 4.70. The van der Waals surface area contributed by atoms with Crippen molar-refractivity contribution in [2.75, 3.05) is 26.2 Å². The number of nitrogens with one attached hydrogen (secondary N) is 1. The van der Waals surface area contributed by atoms with E-state index in [0.717, 1.165) is 36.2 Å². The summed E-state index contributed by atoms with van der Waals surface area (Å²) in [7, 11) is 0. The largest absolute Gasteiger partial charge is 0.416 e. The molecule has 1 aromatic carbocycles. The molecule has 1 atom stereocenters. The molecule has 1 N–H and O–H groups in total. The number of hydrogen-bond donors (Lipinski definition) is 1. The van der Waals surface area contributed by atoms with Gasteiger partial charge in [-0.15, -0.1) is 11.3 Å². The highest BCUT2D eigenvalue weighted by Gasteiger charge is 2.34. The van der Waals surface area contributed by atoms with E-state index in [1.54, 1.807) is 0 Å². The molecule has 2 heterocycles. The minimum Gasteiger partial charge on any atom is -0.314 e. The van der Waals surface area contributed by atoms with E-state index >= 15 is 0 Å².